The average molecular weight is 479 g/mol. The minimum Gasteiger partial charge on any atom is -0.493 e. The van der Waals surface area contributed by atoms with Crippen molar-refractivity contribution in [2.45, 2.75) is 32.2 Å². The van der Waals surface area contributed by atoms with Crippen LogP contribution in [0.25, 0.3) is 23.1 Å². The molecule has 0 atom stereocenters. The second kappa shape index (κ2) is 13.3. The number of hydrogen-bond acceptors (Lipinski definition) is 5. The molecule has 2 aromatic carbocycles. The quantitative estimate of drug-likeness (QED) is 0.287. The number of para-hydroxylation sites is 1. The van der Waals surface area contributed by atoms with E-state index in [1.165, 1.54) is 10.9 Å². The maximum absolute atomic E-state index is 11.8. The van der Waals surface area contributed by atoms with Gasteiger partial charge in [-0.1, -0.05) is 12.1 Å². The van der Waals surface area contributed by atoms with Crippen LogP contribution >= 0.6 is 0 Å². The number of nitrogens with two attached hydrogens (primary N) is 1. The zero-order valence-corrected chi connectivity index (χ0v) is 20.9. The van der Waals surface area contributed by atoms with Gasteiger partial charge in [0.1, 0.15) is 6.54 Å². The number of methoxy groups -OCH3 is 3. The lowest BCUT2D eigenvalue weighted by atomic mass is 10.1. The molecule has 3 rings (SSSR count). The third-order valence-electron chi connectivity index (χ3n) is 5.89. The standard InChI is InChI=1S/C28H35N3O4/c1-33-25-17-14-22(27(34-2)28(25)35-3)13-16-23-15-12-21-9-6-7-10-24(21)31(23)20-8-4-5-11-26(32)30-19-18-29/h6-7,9-10,12-17H,4-5,8,11,18-20,29H2,1-3H3/p+1/b16-13+. The number of amides is 1. The Morgan fingerprint density at radius 2 is 1.71 bits per heavy atom. The van der Waals surface area contributed by atoms with E-state index in [4.69, 9.17) is 19.9 Å². The third-order valence-corrected chi connectivity index (χ3v) is 5.89. The topological polar surface area (TPSA) is 86.7 Å². The molecule has 1 heterocycles. The normalized spacial score (nSPS) is 11.1. The van der Waals surface area contributed by atoms with E-state index in [2.05, 4.69) is 52.4 Å². The fraction of sp³-hybridized carbons (Fsp3) is 0.357. The summed E-state index contributed by atoms with van der Waals surface area (Å²) in [5.74, 6) is 1.89. The molecule has 0 bridgehead atoms. The van der Waals surface area contributed by atoms with Gasteiger partial charge in [0.15, 0.2) is 11.5 Å². The Morgan fingerprint density at radius 1 is 0.914 bits per heavy atom. The Kier molecular flexibility index (Phi) is 9.93. The molecule has 0 aliphatic carbocycles. The second-order valence-electron chi connectivity index (χ2n) is 8.17. The maximum atomic E-state index is 11.8. The Balaban J connectivity index is 1.81. The lowest BCUT2D eigenvalue weighted by molar-refractivity contribution is -0.673. The first-order valence-corrected chi connectivity index (χ1v) is 12.0. The predicted octanol–water partition coefficient (Wildman–Crippen LogP) is 3.96. The highest BCUT2D eigenvalue weighted by molar-refractivity contribution is 5.78. The van der Waals surface area contributed by atoms with E-state index in [0.29, 0.717) is 36.8 Å². The molecule has 3 aromatic rings. The van der Waals surface area contributed by atoms with E-state index >= 15 is 0 Å². The van der Waals surface area contributed by atoms with E-state index < -0.39 is 0 Å². The molecule has 0 saturated heterocycles. The second-order valence-corrected chi connectivity index (χ2v) is 8.17. The zero-order chi connectivity index (χ0) is 25.0. The summed E-state index contributed by atoms with van der Waals surface area (Å²) in [4.78, 5) is 11.8. The van der Waals surface area contributed by atoms with Crippen molar-refractivity contribution < 1.29 is 23.6 Å². The summed E-state index contributed by atoms with van der Waals surface area (Å²) < 4.78 is 18.9. The number of rotatable bonds is 13. The molecule has 0 aliphatic rings. The zero-order valence-electron chi connectivity index (χ0n) is 20.9. The Bertz CT molecular complexity index is 1160. The van der Waals surface area contributed by atoms with Gasteiger partial charge in [-0.2, -0.15) is 4.57 Å². The van der Waals surface area contributed by atoms with Crippen LogP contribution in [0.3, 0.4) is 0 Å². The van der Waals surface area contributed by atoms with Crippen molar-refractivity contribution in [3.05, 3.63) is 59.8 Å². The molecular weight excluding hydrogens is 442 g/mol. The Morgan fingerprint density at radius 3 is 2.46 bits per heavy atom. The van der Waals surface area contributed by atoms with Gasteiger partial charge >= 0.3 is 0 Å². The van der Waals surface area contributed by atoms with Gasteiger partial charge in [0.2, 0.25) is 22.9 Å². The molecule has 0 radical (unpaired) electrons. The highest BCUT2D eigenvalue weighted by atomic mass is 16.5. The molecule has 1 amide bonds. The van der Waals surface area contributed by atoms with Gasteiger partial charge in [-0.15, -0.1) is 0 Å². The molecule has 7 nitrogen and oxygen atoms in total. The minimum absolute atomic E-state index is 0.0701. The number of ether oxygens (including phenoxy) is 3. The largest absolute Gasteiger partial charge is 0.493 e. The molecule has 3 N–H and O–H groups in total. The highest BCUT2D eigenvalue weighted by Gasteiger charge is 2.16. The van der Waals surface area contributed by atoms with Gasteiger partial charge in [0, 0.05) is 55.1 Å². The number of aryl methyl sites for hydroxylation is 1. The molecule has 7 heteroatoms. The van der Waals surface area contributed by atoms with Crippen molar-refractivity contribution >= 4 is 29.0 Å². The first-order valence-electron chi connectivity index (χ1n) is 12.0. The average Bonchev–Trinajstić information content (AvgIpc) is 2.90. The number of pyridine rings is 1. The smallest absolute Gasteiger partial charge is 0.220 e. The van der Waals surface area contributed by atoms with Crippen LogP contribution in [-0.2, 0) is 11.3 Å². The van der Waals surface area contributed by atoms with E-state index in [0.717, 1.165) is 37.1 Å². The first-order chi connectivity index (χ1) is 17.1. The number of nitrogens with zero attached hydrogens (tertiary/aromatic N) is 1. The first kappa shape index (κ1) is 26.0. The van der Waals surface area contributed by atoms with Crippen molar-refractivity contribution in [3.8, 4) is 17.2 Å². The summed E-state index contributed by atoms with van der Waals surface area (Å²) >= 11 is 0. The molecule has 35 heavy (non-hydrogen) atoms. The van der Waals surface area contributed by atoms with Gasteiger partial charge < -0.3 is 25.3 Å². The molecule has 0 unspecified atom stereocenters. The van der Waals surface area contributed by atoms with Crippen molar-refractivity contribution in [2.75, 3.05) is 34.4 Å². The summed E-state index contributed by atoms with van der Waals surface area (Å²) in [6.45, 7) is 1.86. The SMILES string of the molecule is COc1ccc(/C=C/c2ccc3ccccc3[n+]2CCCCCC(=O)NCCN)c(OC)c1OC. The van der Waals surface area contributed by atoms with Crippen LogP contribution in [0, 0.1) is 0 Å². The Hall–Kier alpha value is -3.58. The van der Waals surface area contributed by atoms with Gasteiger partial charge in [-0.05, 0) is 43.2 Å². The van der Waals surface area contributed by atoms with E-state index in [1.807, 2.05) is 18.2 Å². The summed E-state index contributed by atoms with van der Waals surface area (Å²) in [7, 11) is 4.84. The molecule has 0 spiro atoms. The molecule has 0 aliphatic heterocycles. The maximum Gasteiger partial charge on any atom is 0.220 e. The van der Waals surface area contributed by atoms with Crippen LogP contribution in [0.5, 0.6) is 17.2 Å². The number of nitrogens with one attached hydrogen (secondary N) is 1. The van der Waals surface area contributed by atoms with E-state index in [-0.39, 0.29) is 5.91 Å². The third kappa shape index (κ3) is 6.73. The molecule has 186 valence electrons. The van der Waals surface area contributed by atoms with Gasteiger partial charge in [-0.3, -0.25) is 4.79 Å². The van der Waals surface area contributed by atoms with Crippen LogP contribution in [-0.4, -0.2) is 40.3 Å². The van der Waals surface area contributed by atoms with Gasteiger partial charge in [-0.25, -0.2) is 0 Å². The molecular formula is C28H36N3O4+. The minimum atomic E-state index is 0.0701. The van der Waals surface area contributed by atoms with E-state index in [9.17, 15) is 4.79 Å². The van der Waals surface area contributed by atoms with Crippen LogP contribution in [0.4, 0.5) is 0 Å². The van der Waals surface area contributed by atoms with Crippen molar-refractivity contribution in [1.29, 1.82) is 0 Å². The summed E-state index contributed by atoms with van der Waals surface area (Å²) in [6.07, 6.45) is 7.46. The van der Waals surface area contributed by atoms with Crippen LogP contribution in [0.2, 0.25) is 0 Å². The summed E-state index contributed by atoms with van der Waals surface area (Å²) in [5.41, 5.74) is 8.60. The van der Waals surface area contributed by atoms with Crippen molar-refractivity contribution in [3.63, 3.8) is 0 Å². The van der Waals surface area contributed by atoms with Crippen LogP contribution in [0.1, 0.15) is 36.9 Å². The number of carbonyl (C=O) groups excluding carboxylic acids is 1. The number of hydrogen-bond donors (Lipinski definition) is 2. The molecule has 0 saturated carbocycles. The van der Waals surface area contributed by atoms with E-state index in [1.54, 1.807) is 21.3 Å². The number of unbranched alkanes of at least 4 members (excludes halogenated alkanes) is 2. The fourth-order valence-corrected chi connectivity index (χ4v) is 4.14. The highest BCUT2D eigenvalue weighted by Crippen LogP contribution is 2.40. The predicted molar refractivity (Wildman–Crippen MR) is 140 cm³/mol. The number of aromatic nitrogens is 1. The van der Waals surface area contributed by atoms with Gasteiger partial charge in [0.05, 0.1) is 21.3 Å². The van der Waals surface area contributed by atoms with Gasteiger partial charge in [0.25, 0.3) is 0 Å². The summed E-state index contributed by atoms with van der Waals surface area (Å²) in [5, 5.41) is 4.02. The monoisotopic (exact) mass is 478 g/mol. The number of fused-ring (bicyclic) bond motifs is 1. The lowest BCUT2D eigenvalue weighted by Crippen LogP contribution is -2.38. The molecule has 1 aromatic heterocycles. The molecule has 0 fully saturated rings. The number of carbonyl (C=O) groups is 1. The fourth-order valence-electron chi connectivity index (χ4n) is 4.14. The Labute approximate surface area is 207 Å². The number of benzene rings is 2. The van der Waals surface area contributed by atoms with Crippen molar-refractivity contribution in [2.24, 2.45) is 5.73 Å². The van der Waals surface area contributed by atoms with Crippen LogP contribution in [0.15, 0.2) is 48.5 Å². The summed E-state index contributed by atoms with van der Waals surface area (Å²) in [6, 6.07) is 16.5. The lowest BCUT2D eigenvalue weighted by Gasteiger charge is -2.14. The van der Waals surface area contributed by atoms with Crippen molar-refractivity contribution in [1.82, 2.24) is 5.32 Å². The van der Waals surface area contributed by atoms with Crippen LogP contribution < -0.4 is 29.8 Å².